The van der Waals surface area contributed by atoms with Crippen LogP contribution < -0.4 is 16.4 Å². The van der Waals surface area contributed by atoms with Gasteiger partial charge in [-0.3, -0.25) is 0 Å². The van der Waals surface area contributed by atoms with Gasteiger partial charge in [-0.15, -0.1) is 12.4 Å². The van der Waals surface area contributed by atoms with Crippen LogP contribution in [-0.4, -0.2) is 7.05 Å². The second-order valence-corrected chi connectivity index (χ2v) is 4.47. The molecule has 2 aromatic carbocycles. The Hall–Kier alpha value is -1.87. The highest BCUT2D eigenvalue weighted by Crippen LogP contribution is 2.40. The van der Waals surface area contributed by atoms with Crippen molar-refractivity contribution in [3.63, 3.8) is 0 Å². The fourth-order valence-corrected chi connectivity index (χ4v) is 2.49. The lowest BCUT2D eigenvalue weighted by atomic mass is 9.94. The fraction of sp³-hybridized carbons (Fsp3) is 0.143. The molecule has 0 amide bonds. The SMILES string of the molecule is CN1c2ccc(N)cc2Cc2c(N)cccc21.Cl. The van der Waals surface area contributed by atoms with Crippen molar-refractivity contribution in [2.45, 2.75) is 6.42 Å². The molecule has 1 heterocycles. The standard InChI is InChI=1S/C14H15N3.ClH/c1-17-13-6-5-10(15)7-9(13)8-11-12(16)3-2-4-14(11)17;/h2-7H,8,15-16H2,1H3;1H. The number of fused-ring (bicyclic) bond motifs is 2. The molecule has 0 spiro atoms. The summed E-state index contributed by atoms with van der Waals surface area (Å²) in [6.07, 6.45) is 0.854. The molecule has 3 rings (SSSR count). The van der Waals surface area contributed by atoms with Gasteiger partial charge in [0.05, 0.1) is 0 Å². The summed E-state index contributed by atoms with van der Waals surface area (Å²) >= 11 is 0. The van der Waals surface area contributed by atoms with Gasteiger partial charge in [0.25, 0.3) is 0 Å². The molecule has 2 aromatic rings. The zero-order valence-corrected chi connectivity index (χ0v) is 11.0. The number of rotatable bonds is 0. The van der Waals surface area contributed by atoms with Crippen LogP contribution in [0.5, 0.6) is 0 Å². The molecule has 4 N–H and O–H groups in total. The van der Waals surface area contributed by atoms with Crippen molar-refractivity contribution in [1.29, 1.82) is 0 Å². The summed E-state index contributed by atoms with van der Waals surface area (Å²) in [4.78, 5) is 2.17. The summed E-state index contributed by atoms with van der Waals surface area (Å²) in [7, 11) is 2.06. The lowest BCUT2D eigenvalue weighted by Gasteiger charge is -2.31. The van der Waals surface area contributed by atoms with Gasteiger partial charge in [-0.2, -0.15) is 0 Å². The molecule has 0 radical (unpaired) electrons. The first-order valence-corrected chi connectivity index (χ1v) is 5.66. The first kappa shape index (κ1) is 12.6. The van der Waals surface area contributed by atoms with Crippen molar-refractivity contribution in [1.82, 2.24) is 0 Å². The van der Waals surface area contributed by atoms with E-state index < -0.39 is 0 Å². The van der Waals surface area contributed by atoms with Gasteiger partial charge < -0.3 is 16.4 Å². The lowest BCUT2D eigenvalue weighted by molar-refractivity contribution is 1.06. The molecule has 0 fully saturated rings. The minimum Gasteiger partial charge on any atom is -0.399 e. The Kier molecular flexibility index (Phi) is 3.09. The van der Waals surface area contributed by atoms with Gasteiger partial charge in [0, 0.05) is 41.8 Å². The average molecular weight is 262 g/mol. The predicted molar refractivity (Wildman–Crippen MR) is 79.8 cm³/mol. The van der Waals surface area contributed by atoms with Crippen LogP contribution in [0.2, 0.25) is 0 Å². The van der Waals surface area contributed by atoms with E-state index in [1.54, 1.807) is 0 Å². The van der Waals surface area contributed by atoms with Crippen molar-refractivity contribution in [3.05, 3.63) is 47.5 Å². The summed E-state index contributed by atoms with van der Waals surface area (Å²) in [6.45, 7) is 0. The number of hydrogen-bond donors (Lipinski definition) is 2. The molecule has 0 aromatic heterocycles. The monoisotopic (exact) mass is 261 g/mol. The summed E-state index contributed by atoms with van der Waals surface area (Å²) in [5.74, 6) is 0. The van der Waals surface area contributed by atoms with E-state index >= 15 is 0 Å². The minimum absolute atomic E-state index is 0. The number of anilines is 4. The molecule has 3 nitrogen and oxygen atoms in total. The van der Waals surface area contributed by atoms with Crippen molar-refractivity contribution in [3.8, 4) is 0 Å². The van der Waals surface area contributed by atoms with Crippen molar-refractivity contribution < 1.29 is 0 Å². The van der Waals surface area contributed by atoms with Crippen LogP contribution in [0.25, 0.3) is 0 Å². The lowest BCUT2D eigenvalue weighted by Crippen LogP contribution is -2.19. The molecule has 0 unspecified atom stereocenters. The van der Waals surface area contributed by atoms with E-state index in [1.165, 1.54) is 22.5 Å². The number of benzene rings is 2. The van der Waals surface area contributed by atoms with Crippen LogP contribution in [0.3, 0.4) is 0 Å². The summed E-state index contributed by atoms with van der Waals surface area (Å²) < 4.78 is 0. The van der Waals surface area contributed by atoms with Gasteiger partial charge in [0.1, 0.15) is 0 Å². The first-order valence-electron chi connectivity index (χ1n) is 5.66. The quantitative estimate of drug-likeness (QED) is 0.717. The number of nitrogen functional groups attached to an aromatic ring is 2. The number of nitrogens with zero attached hydrogens (tertiary/aromatic N) is 1. The smallest absolute Gasteiger partial charge is 0.0464 e. The Labute approximate surface area is 113 Å². The second kappa shape index (κ2) is 4.42. The van der Waals surface area contributed by atoms with Crippen LogP contribution in [0.1, 0.15) is 11.1 Å². The van der Waals surface area contributed by atoms with E-state index in [9.17, 15) is 0 Å². The van der Waals surface area contributed by atoms with E-state index in [-0.39, 0.29) is 12.4 Å². The Morgan fingerprint density at radius 2 is 1.83 bits per heavy atom. The fourth-order valence-electron chi connectivity index (χ4n) is 2.49. The predicted octanol–water partition coefficient (Wildman–Crippen LogP) is 2.94. The van der Waals surface area contributed by atoms with Gasteiger partial charge in [-0.1, -0.05) is 6.07 Å². The number of hydrogen-bond acceptors (Lipinski definition) is 3. The number of halogens is 1. The van der Waals surface area contributed by atoms with E-state index in [0.29, 0.717) is 0 Å². The van der Waals surface area contributed by atoms with Gasteiger partial charge >= 0.3 is 0 Å². The van der Waals surface area contributed by atoms with E-state index in [0.717, 1.165) is 17.8 Å². The molecule has 0 saturated heterocycles. The molecule has 4 heteroatoms. The highest BCUT2D eigenvalue weighted by atomic mass is 35.5. The molecular weight excluding hydrogens is 246 g/mol. The number of nitrogens with two attached hydrogens (primary N) is 2. The van der Waals surface area contributed by atoms with Crippen LogP contribution in [0.15, 0.2) is 36.4 Å². The topological polar surface area (TPSA) is 55.3 Å². The maximum Gasteiger partial charge on any atom is 0.0464 e. The van der Waals surface area contributed by atoms with Crippen LogP contribution in [0.4, 0.5) is 22.7 Å². The third-order valence-electron chi connectivity index (χ3n) is 3.38. The van der Waals surface area contributed by atoms with Gasteiger partial charge in [-0.25, -0.2) is 0 Å². The summed E-state index contributed by atoms with van der Waals surface area (Å²) in [6, 6.07) is 12.1. The normalized spacial score (nSPS) is 12.4. The van der Waals surface area contributed by atoms with Crippen molar-refractivity contribution >= 4 is 35.2 Å². The van der Waals surface area contributed by atoms with Crippen LogP contribution >= 0.6 is 12.4 Å². The van der Waals surface area contributed by atoms with E-state index in [1.807, 2.05) is 24.3 Å². The Bertz CT molecular complexity index is 596. The molecule has 0 atom stereocenters. The third-order valence-corrected chi connectivity index (χ3v) is 3.38. The van der Waals surface area contributed by atoms with Crippen molar-refractivity contribution in [2.24, 2.45) is 0 Å². The highest BCUT2D eigenvalue weighted by molar-refractivity contribution is 5.85. The zero-order valence-electron chi connectivity index (χ0n) is 10.2. The first-order chi connectivity index (χ1) is 8.16. The third kappa shape index (κ3) is 1.77. The molecule has 18 heavy (non-hydrogen) atoms. The highest BCUT2D eigenvalue weighted by Gasteiger charge is 2.21. The Balaban J connectivity index is 0.00000120. The largest absolute Gasteiger partial charge is 0.399 e. The van der Waals surface area contributed by atoms with Gasteiger partial charge in [0.15, 0.2) is 0 Å². The molecule has 0 bridgehead atoms. The minimum atomic E-state index is 0. The molecule has 1 aliphatic heterocycles. The maximum absolute atomic E-state index is 6.04. The van der Waals surface area contributed by atoms with Gasteiger partial charge in [-0.05, 0) is 35.9 Å². The molecule has 94 valence electrons. The summed E-state index contributed by atoms with van der Waals surface area (Å²) in [5, 5.41) is 0. The van der Waals surface area contributed by atoms with Gasteiger partial charge in [0.2, 0.25) is 0 Å². The molecule has 0 aliphatic carbocycles. The Morgan fingerprint density at radius 1 is 1.06 bits per heavy atom. The zero-order chi connectivity index (χ0) is 12.0. The van der Waals surface area contributed by atoms with E-state index in [4.69, 9.17) is 11.5 Å². The van der Waals surface area contributed by atoms with Crippen LogP contribution in [0, 0.1) is 0 Å². The van der Waals surface area contributed by atoms with E-state index in [2.05, 4.69) is 24.1 Å². The molecule has 1 aliphatic rings. The summed E-state index contributed by atoms with van der Waals surface area (Å²) in [5.41, 5.74) is 18.3. The molecule has 0 saturated carbocycles. The van der Waals surface area contributed by atoms with Crippen LogP contribution in [-0.2, 0) is 6.42 Å². The van der Waals surface area contributed by atoms with Crippen molar-refractivity contribution in [2.75, 3.05) is 23.4 Å². The maximum atomic E-state index is 6.04. The molecular formula is C14H16ClN3. The Morgan fingerprint density at radius 3 is 2.61 bits per heavy atom. The average Bonchev–Trinajstić information content (AvgIpc) is 2.30. The second-order valence-electron chi connectivity index (χ2n) is 4.47.